The van der Waals surface area contributed by atoms with Crippen molar-refractivity contribution in [3.8, 4) is 0 Å². The first-order chi connectivity index (χ1) is 10.1. The van der Waals surface area contributed by atoms with Gasteiger partial charge in [0, 0.05) is 23.1 Å². The smallest absolute Gasteiger partial charge is 0.228 e. The minimum Gasteiger partial charge on any atom is -0.374 e. The summed E-state index contributed by atoms with van der Waals surface area (Å²) in [5.41, 5.74) is 2.21. The molecule has 5 heteroatoms. The summed E-state index contributed by atoms with van der Waals surface area (Å²) in [4.78, 5) is 14.7. The highest BCUT2D eigenvalue weighted by atomic mass is 35.5. The van der Waals surface area contributed by atoms with Gasteiger partial charge in [0.05, 0.1) is 18.1 Å². The van der Waals surface area contributed by atoms with Crippen LogP contribution in [0.5, 0.6) is 0 Å². The van der Waals surface area contributed by atoms with Crippen molar-refractivity contribution in [3.63, 3.8) is 0 Å². The van der Waals surface area contributed by atoms with E-state index in [1.165, 1.54) is 0 Å². The summed E-state index contributed by atoms with van der Waals surface area (Å²) in [5.74, 6) is 0.295. The molecule has 3 aliphatic heterocycles. The SMILES string of the molecule is O=C(C1CC2CCC1O2)N1CCc2c(Cl)cc(Cl)cc2C1. The van der Waals surface area contributed by atoms with Gasteiger partial charge in [-0.1, -0.05) is 23.2 Å². The molecular weight excluding hydrogens is 309 g/mol. The molecule has 0 spiro atoms. The van der Waals surface area contributed by atoms with Crippen LogP contribution in [0.15, 0.2) is 12.1 Å². The lowest BCUT2D eigenvalue weighted by Gasteiger charge is -2.33. The Morgan fingerprint density at radius 1 is 1.29 bits per heavy atom. The molecule has 3 aliphatic rings. The minimum absolute atomic E-state index is 0.0555. The maximum atomic E-state index is 12.7. The Kier molecular flexibility index (Phi) is 3.40. The van der Waals surface area contributed by atoms with Crippen LogP contribution < -0.4 is 0 Å². The maximum Gasteiger partial charge on any atom is 0.228 e. The Bertz CT molecular complexity index is 604. The zero-order valence-corrected chi connectivity index (χ0v) is 13.2. The van der Waals surface area contributed by atoms with Gasteiger partial charge in [0.2, 0.25) is 5.91 Å². The summed E-state index contributed by atoms with van der Waals surface area (Å²) >= 11 is 12.3. The number of halogens is 2. The van der Waals surface area contributed by atoms with Gasteiger partial charge in [-0.2, -0.15) is 0 Å². The van der Waals surface area contributed by atoms with Crippen LogP contribution in [0.3, 0.4) is 0 Å². The average molecular weight is 326 g/mol. The van der Waals surface area contributed by atoms with Crippen LogP contribution in [0.25, 0.3) is 0 Å². The average Bonchev–Trinajstić information content (AvgIpc) is 3.08. The van der Waals surface area contributed by atoms with Crippen LogP contribution in [0.1, 0.15) is 30.4 Å². The molecule has 0 saturated carbocycles. The summed E-state index contributed by atoms with van der Waals surface area (Å²) in [6.45, 7) is 1.35. The molecule has 21 heavy (non-hydrogen) atoms. The van der Waals surface area contributed by atoms with E-state index in [0.29, 0.717) is 22.7 Å². The number of ether oxygens (including phenoxy) is 1. The molecule has 4 rings (SSSR count). The number of hydrogen-bond acceptors (Lipinski definition) is 2. The van der Waals surface area contributed by atoms with Gasteiger partial charge in [0.15, 0.2) is 0 Å². The van der Waals surface area contributed by atoms with Gasteiger partial charge >= 0.3 is 0 Å². The molecule has 3 nitrogen and oxygen atoms in total. The first kappa shape index (κ1) is 13.9. The van der Waals surface area contributed by atoms with Crippen LogP contribution in [0, 0.1) is 5.92 Å². The van der Waals surface area contributed by atoms with Gasteiger partial charge in [0.1, 0.15) is 0 Å². The monoisotopic (exact) mass is 325 g/mol. The summed E-state index contributed by atoms with van der Waals surface area (Å²) in [5, 5.41) is 1.35. The summed E-state index contributed by atoms with van der Waals surface area (Å²) in [6.07, 6.45) is 4.30. The Labute approximate surface area is 134 Å². The molecule has 3 atom stereocenters. The zero-order valence-electron chi connectivity index (χ0n) is 11.6. The zero-order chi connectivity index (χ0) is 14.6. The number of carbonyl (C=O) groups is 1. The fourth-order valence-electron chi connectivity index (χ4n) is 3.93. The lowest BCUT2D eigenvalue weighted by atomic mass is 9.87. The van der Waals surface area contributed by atoms with E-state index in [9.17, 15) is 4.79 Å². The quantitative estimate of drug-likeness (QED) is 0.791. The van der Waals surface area contributed by atoms with Crippen molar-refractivity contribution < 1.29 is 9.53 Å². The van der Waals surface area contributed by atoms with Crippen molar-refractivity contribution in [3.05, 3.63) is 33.3 Å². The molecule has 3 heterocycles. The van der Waals surface area contributed by atoms with Gasteiger partial charge in [0.25, 0.3) is 0 Å². The van der Waals surface area contributed by atoms with Crippen LogP contribution in [-0.4, -0.2) is 29.6 Å². The lowest BCUT2D eigenvalue weighted by Crippen LogP contribution is -2.42. The number of amides is 1. The molecule has 1 aromatic carbocycles. The first-order valence-electron chi connectivity index (χ1n) is 7.53. The predicted molar refractivity (Wildman–Crippen MR) is 81.6 cm³/mol. The van der Waals surface area contributed by atoms with Gasteiger partial charge in [-0.05, 0) is 48.9 Å². The number of fused-ring (bicyclic) bond motifs is 3. The van der Waals surface area contributed by atoms with Crippen molar-refractivity contribution in [2.75, 3.05) is 6.54 Å². The Balaban J connectivity index is 1.54. The summed E-state index contributed by atoms with van der Waals surface area (Å²) < 4.78 is 5.81. The molecule has 1 aromatic rings. The summed E-state index contributed by atoms with van der Waals surface area (Å²) in [7, 11) is 0. The van der Waals surface area contributed by atoms with E-state index in [-0.39, 0.29) is 17.9 Å². The van der Waals surface area contributed by atoms with E-state index >= 15 is 0 Å². The highest BCUT2D eigenvalue weighted by molar-refractivity contribution is 6.35. The maximum absolute atomic E-state index is 12.7. The second-order valence-electron chi connectivity index (χ2n) is 6.25. The van der Waals surface area contributed by atoms with Crippen molar-refractivity contribution >= 4 is 29.1 Å². The molecule has 0 aliphatic carbocycles. The first-order valence-corrected chi connectivity index (χ1v) is 8.28. The number of benzene rings is 1. The Hall–Kier alpha value is -0.770. The number of nitrogens with zero attached hydrogens (tertiary/aromatic N) is 1. The topological polar surface area (TPSA) is 29.5 Å². The van der Waals surface area contributed by atoms with Crippen molar-refractivity contribution in [1.82, 2.24) is 4.90 Å². The van der Waals surface area contributed by atoms with Crippen LogP contribution in [-0.2, 0) is 22.5 Å². The number of hydrogen-bond donors (Lipinski definition) is 0. The molecule has 1 amide bonds. The van der Waals surface area contributed by atoms with E-state index in [1.807, 2.05) is 11.0 Å². The Morgan fingerprint density at radius 3 is 2.86 bits per heavy atom. The largest absolute Gasteiger partial charge is 0.374 e. The highest BCUT2D eigenvalue weighted by Gasteiger charge is 2.46. The van der Waals surface area contributed by atoms with Gasteiger partial charge in [-0.25, -0.2) is 0 Å². The third-order valence-corrected chi connectivity index (χ3v) is 5.54. The van der Waals surface area contributed by atoms with Crippen molar-refractivity contribution in [1.29, 1.82) is 0 Å². The van der Waals surface area contributed by atoms with Gasteiger partial charge in [-0.15, -0.1) is 0 Å². The molecule has 112 valence electrons. The van der Waals surface area contributed by atoms with Gasteiger partial charge in [-0.3, -0.25) is 4.79 Å². The number of rotatable bonds is 1. The lowest BCUT2D eigenvalue weighted by molar-refractivity contribution is -0.138. The van der Waals surface area contributed by atoms with E-state index in [2.05, 4.69) is 0 Å². The molecule has 0 radical (unpaired) electrons. The fraction of sp³-hybridized carbons (Fsp3) is 0.562. The third kappa shape index (κ3) is 2.36. The van der Waals surface area contributed by atoms with Crippen LogP contribution in [0.4, 0.5) is 0 Å². The van der Waals surface area contributed by atoms with Crippen LogP contribution in [0.2, 0.25) is 10.0 Å². The molecule has 0 N–H and O–H groups in total. The molecule has 2 bridgehead atoms. The van der Waals surface area contributed by atoms with Gasteiger partial charge < -0.3 is 9.64 Å². The Morgan fingerprint density at radius 2 is 2.14 bits per heavy atom. The van der Waals surface area contributed by atoms with E-state index < -0.39 is 0 Å². The fourth-order valence-corrected chi connectivity index (χ4v) is 4.56. The molecule has 3 unspecified atom stereocenters. The normalized spacial score (nSPS) is 30.6. The molecular formula is C16H17Cl2NO2. The third-order valence-electron chi connectivity index (χ3n) is 4.98. The minimum atomic E-state index is 0.0555. The highest BCUT2D eigenvalue weighted by Crippen LogP contribution is 2.40. The standard InChI is InChI=1S/C16H17Cl2NO2/c17-10-5-9-8-19(4-3-12(9)14(18)6-10)16(20)13-7-11-1-2-15(13)21-11/h5-6,11,13,15H,1-4,7-8H2. The molecule has 2 fully saturated rings. The second kappa shape index (κ2) is 5.15. The van der Waals surface area contributed by atoms with E-state index in [4.69, 9.17) is 27.9 Å². The van der Waals surface area contributed by atoms with E-state index in [0.717, 1.165) is 43.4 Å². The number of carbonyl (C=O) groups excluding carboxylic acids is 1. The second-order valence-corrected chi connectivity index (χ2v) is 7.09. The summed E-state index contributed by atoms with van der Waals surface area (Å²) in [6, 6.07) is 3.71. The van der Waals surface area contributed by atoms with Crippen LogP contribution >= 0.6 is 23.2 Å². The van der Waals surface area contributed by atoms with Crippen molar-refractivity contribution in [2.45, 2.75) is 44.4 Å². The molecule has 2 saturated heterocycles. The van der Waals surface area contributed by atoms with E-state index in [1.54, 1.807) is 6.07 Å². The molecule has 0 aromatic heterocycles. The predicted octanol–water partition coefficient (Wildman–Crippen LogP) is 3.45. The van der Waals surface area contributed by atoms with Crippen molar-refractivity contribution in [2.24, 2.45) is 5.92 Å².